The molecule has 3 rings (SSSR count). The van der Waals surface area contributed by atoms with Crippen molar-refractivity contribution in [2.24, 2.45) is 5.92 Å². The third-order valence-corrected chi connectivity index (χ3v) is 5.44. The van der Waals surface area contributed by atoms with Gasteiger partial charge in [0.2, 0.25) is 5.91 Å². The third kappa shape index (κ3) is 5.31. The highest BCUT2D eigenvalue weighted by atomic mass is 32.2. The number of benzene rings is 2. The molecule has 132 valence electrons. The Balaban J connectivity index is 1.60. The van der Waals surface area contributed by atoms with Gasteiger partial charge in [0.1, 0.15) is 5.82 Å². The van der Waals surface area contributed by atoms with Crippen LogP contribution in [0.25, 0.3) is 0 Å². The Morgan fingerprint density at radius 3 is 2.64 bits per heavy atom. The van der Waals surface area contributed by atoms with Gasteiger partial charge in [-0.25, -0.2) is 4.39 Å². The van der Waals surface area contributed by atoms with Gasteiger partial charge in [-0.05, 0) is 42.5 Å². The molecule has 2 aromatic carbocycles. The molecule has 2 aromatic rings. The number of anilines is 1. The highest BCUT2D eigenvalue weighted by molar-refractivity contribution is 7.98. The van der Waals surface area contributed by atoms with E-state index in [1.165, 1.54) is 17.8 Å². The van der Waals surface area contributed by atoms with Crippen LogP contribution in [0.4, 0.5) is 10.1 Å². The van der Waals surface area contributed by atoms with Crippen LogP contribution in [0.5, 0.6) is 0 Å². The molecule has 1 saturated heterocycles. The predicted molar refractivity (Wildman–Crippen MR) is 99.2 cm³/mol. The lowest BCUT2D eigenvalue weighted by Gasteiger charge is -2.21. The minimum absolute atomic E-state index is 0.0332. The van der Waals surface area contributed by atoms with Crippen LogP contribution in [-0.4, -0.2) is 19.1 Å². The number of amides is 1. The Hall–Kier alpha value is -1.85. The van der Waals surface area contributed by atoms with E-state index >= 15 is 0 Å². The lowest BCUT2D eigenvalue weighted by Crippen LogP contribution is -2.22. The average molecular weight is 359 g/mol. The lowest BCUT2D eigenvalue weighted by atomic mass is 9.96. The third-order valence-electron chi connectivity index (χ3n) is 4.32. The number of carbonyl (C=O) groups is 1. The molecular formula is C20H22FNO2S. The molecule has 0 bridgehead atoms. The first-order valence-corrected chi connectivity index (χ1v) is 9.54. The largest absolute Gasteiger partial charge is 0.381 e. The summed E-state index contributed by atoms with van der Waals surface area (Å²) >= 11 is 1.53. The Morgan fingerprint density at radius 2 is 1.84 bits per heavy atom. The van der Waals surface area contributed by atoms with Gasteiger partial charge in [-0.3, -0.25) is 4.79 Å². The van der Waals surface area contributed by atoms with E-state index in [9.17, 15) is 9.18 Å². The van der Waals surface area contributed by atoms with Crippen molar-refractivity contribution in [1.29, 1.82) is 0 Å². The van der Waals surface area contributed by atoms with E-state index in [0.717, 1.165) is 36.6 Å². The van der Waals surface area contributed by atoms with E-state index in [0.29, 0.717) is 23.7 Å². The van der Waals surface area contributed by atoms with Gasteiger partial charge < -0.3 is 10.1 Å². The maximum atomic E-state index is 13.8. The fourth-order valence-electron chi connectivity index (χ4n) is 2.88. The van der Waals surface area contributed by atoms with Crippen LogP contribution in [0, 0.1) is 11.7 Å². The van der Waals surface area contributed by atoms with Crippen molar-refractivity contribution >= 4 is 23.4 Å². The van der Waals surface area contributed by atoms with Gasteiger partial charge in [0.05, 0.1) is 5.69 Å². The minimum atomic E-state index is -0.198. The van der Waals surface area contributed by atoms with Crippen molar-refractivity contribution in [1.82, 2.24) is 0 Å². The van der Waals surface area contributed by atoms with Gasteiger partial charge in [0, 0.05) is 30.3 Å². The number of para-hydroxylation sites is 1. The molecule has 0 aromatic heterocycles. The minimum Gasteiger partial charge on any atom is -0.381 e. The maximum Gasteiger partial charge on any atom is 0.224 e. The van der Waals surface area contributed by atoms with Crippen LogP contribution in [0.3, 0.4) is 0 Å². The van der Waals surface area contributed by atoms with E-state index in [4.69, 9.17) is 4.74 Å². The summed E-state index contributed by atoms with van der Waals surface area (Å²) in [6.07, 6.45) is 2.41. The molecule has 1 N–H and O–H groups in total. The van der Waals surface area contributed by atoms with Gasteiger partial charge >= 0.3 is 0 Å². The number of carbonyl (C=O) groups excluding carboxylic acids is 1. The Bertz CT molecular complexity index is 716. The van der Waals surface area contributed by atoms with Crippen molar-refractivity contribution in [3.05, 3.63) is 59.9 Å². The molecule has 0 saturated carbocycles. The standard InChI is InChI=1S/C20H22FNO2S/c21-17-6-2-1-5-16(17)14-25-19-8-4-3-7-18(19)22-20(23)13-15-9-11-24-12-10-15/h1-8,15H,9-14H2,(H,22,23). The van der Waals surface area contributed by atoms with E-state index in [1.807, 2.05) is 30.3 Å². The summed E-state index contributed by atoms with van der Waals surface area (Å²) in [5.74, 6) is 0.758. The van der Waals surface area contributed by atoms with E-state index in [2.05, 4.69) is 5.32 Å². The van der Waals surface area contributed by atoms with Crippen molar-refractivity contribution in [2.45, 2.75) is 29.9 Å². The summed E-state index contributed by atoms with van der Waals surface area (Å²) < 4.78 is 19.1. The molecule has 1 aliphatic heterocycles. The Kier molecular flexibility index (Phi) is 6.48. The average Bonchev–Trinajstić information content (AvgIpc) is 2.63. The highest BCUT2D eigenvalue weighted by Gasteiger charge is 2.18. The SMILES string of the molecule is O=C(CC1CCOCC1)Nc1ccccc1SCc1ccccc1F. The normalized spacial score (nSPS) is 15.1. The number of hydrogen-bond donors (Lipinski definition) is 1. The van der Waals surface area contributed by atoms with Crippen molar-refractivity contribution in [3.63, 3.8) is 0 Å². The molecule has 0 spiro atoms. The van der Waals surface area contributed by atoms with Crippen LogP contribution in [-0.2, 0) is 15.3 Å². The Morgan fingerprint density at radius 1 is 1.12 bits per heavy atom. The number of thioether (sulfide) groups is 1. The maximum absolute atomic E-state index is 13.8. The van der Waals surface area contributed by atoms with Crippen molar-refractivity contribution in [2.75, 3.05) is 18.5 Å². The summed E-state index contributed by atoms with van der Waals surface area (Å²) in [6.45, 7) is 1.49. The van der Waals surface area contributed by atoms with Gasteiger partial charge in [-0.15, -0.1) is 11.8 Å². The second-order valence-corrected chi connectivity index (χ2v) is 7.20. The summed E-state index contributed by atoms with van der Waals surface area (Å²) in [5.41, 5.74) is 1.46. The zero-order valence-electron chi connectivity index (χ0n) is 14.0. The second-order valence-electron chi connectivity index (χ2n) is 6.18. The van der Waals surface area contributed by atoms with E-state index in [1.54, 1.807) is 12.1 Å². The first-order valence-electron chi connectivity index (χ1n) is 8.55. The topological polar surface area (TPSA) is 38.3 Å². The van der Waals surface area contributed by atoms with Crippen molar-refractivity contribution in [3.8, 4) is 0 Å². The van der Waals surface area contributed by atoms with Gasteiger partial charge in [-0.1, -0.05) is 30.3 Å². The molecule has 1 heterocycles. The number of nitrogens with one attached hydrogen (secondary N) is 1. The number of halogens is 1. The fourth-order valence-corrected chi connectivity index (χ4v) is 3.88. The second kappa shape index (κ2) is 9.02. The van der Waals surface area contributed by atoms with Gasteiger partial charge in [0.15, 0.2) is 0 Å². The molecule has 0 aliphatic carbocycles. The van der Waals surface area contributed by atoms with Gasteiger partial charge in [0.25, 0.3) is 0 Å². The zero-order valence-corrected chi connectivity index (χ0v) is 14.9. The molecule has 1 amide bonds. The van der Waals surface area contributed by atoms with Crippen LogP contribution < -0.4 is 5.32 Å². The number of hydrogen-bond acceptors (Lipinski definition) is 3. The molecule has 0 radical (unpaired) electrons. The molecule has 1 fully saturated rings. The van der Waals surface area contributed by atoms with Crippen LogP contribution in [0.15, 0.2) is 53.4 Å². The van der Waals surface area contributed by atoms with E-state index < -0.39 is 0 Å². The monoisotopic (exact) mass is 359 g/mol. The van der Waals surface area contributed by atoms with Crippen LogP contribution in [0.1, 0.15) is 24.8 Å². The quantitative estimate of drug-likeness (QED) is 0.748. The highest BCUT2D eigenvalue weighted by Crippen LogP contribution is 2.31. The smallest absolute Gasteiger partial charge is 0.224 e. The summed E-state index contributed by atoms with van der Waals surface area (Å²) in [7, 11) is 0. The molecule has 0 unspecified atom stereocenters. The van der Waals surface area contributed by atoms with Crippen LogP contribution >= 0.6 is 11.8 Å². The van der Waals surface area contributed by atoms with Crippen molar-refractivity contribution < 1.29 is 13.9 Å². The molecular weight excluding hydrogens is 337 g/mol. The molecule has 0 atom stereocenters. The lowest BCUT2D eigenvalue weighted by molar-refractivity contribution is -0.117. The zero-order chi connectivity index (χ0) is 17.5. The fraction of sp³-hybridized carbons (Fsp3) is 0.350. The summed E-state index contributed by atoms with van der Waals surface area (Å²) in [6, 6.07) is 14.5. The van der Waals surface area contributed by atoms with Crippen LogP contribution in [0.2, 0.25) is 0 Å². The predicted octanol–water partition coefficient (Wildman–Crippen LogP) is 4.87. The molecule has 1 aliphatic rings. The molecule has 5 heteroatoms. The number of ether oxygens (including phenoxy) is 1. The number of rotatable bonds is 6. The molecule has 25 heavy (non-hydrogen) atoms. The summed E-state index contributed by atoms with van der Waals surface area (Å²) in [5, 5.41) is 3.01. The molecule has 3 nitrogen and oxygen atoms in total. The first-order chi connectivity index (χ1) is 12.2. The van der Waals surface area contributed by atoms with E-state index in [-0.39, 0.29) is 11.7 Å². The summed E-state index contributed by atoms with van der Waals surface area (Å²) in [4.78, 5) is 13.3. The first kappa shape index (κ1) is 18.0. The Labute approximate surface area is 152 Å². The van der Waals surface area contributed by atoms with Gasteiger partial charge in [-0.2, -0.15) is 0 Å².